The van der Waals surface area contributed by atoms with Crippen LogP contribution >= 0.6 is 0 Å². The normalized spacial score (nSPS) is 23.8. The van der Waals surface area contributed by atoms with Crippen LogP contribution in [0.15, 0.2) is 29.3 Å². The average molecular weight is 400 g/mol. The van der Waals surface area contributed by atoms with Crippen molar-refractivity contribution in [2.45, 2.75) is 38.8 Å². The van der Waals surface area contributed by atoms with Crippen LogP contribution in [0.25, 0.3) is 0 Å². The van der Waals surface area contributed by atoms with Crippen molar-refractivity contribution < 1.29 is 9.53 Å². The molecule has 158 valence electrons. The second kappa shape index (κ2) is 9.59. The molecule has 3 saturated heterocycles. The molecular weight excluding hydrogens is 366 g/mol. The first-order chi connectivity index (χ1) is 14.2. The molecule has 7 nitrogen and oxygen atoms in total. The van der Waals surface area contributed by atoms with Gasteiger partial charge in [0.25, 0.3) is 0 Å². The number of carbonyl (C=O) groups is 1. The molecule has 3 heterocycles. The Labute approximate surface area is 173 Å². The number of ether oxygens (including phenoxy) is 1. The summed E-state index contributed by atoms with van der Waals surface area (Å²) in [5.74, 6) is 1.23. The number of aliphatic imine (C=N–C) groups is 1. The van der Waals surface area contributed by atoms with Crippen molar-refractivity contribution in [2.24, 2.45) is 4.99 Å². The van der Waals surface area contributed by atoms with Gasteiger partial charge in [-0.25, -0.2) is 4.99 Å². The molecule has 29 heavy (non-hydrogen) atoms. The van der Waals surface area contributed by atoms with E-state index in [-0.39, 0.29) is 5.91 Å². The lowest BCUT2D eigenvalue weighted by Crippen LogP contribution is -2.46. The third-order valence-corrected chi connectivity index (χ3v) is 6.09. The summed E-state index contributed by atoms with van der Waals surface area (Å²) in [4.78, 5) is 23.6. The summed E-state index contributed by atoms with van der Waals surface area (Å²) in [6, 6.07) is 8.87. The molecule has 1 aromatic carbocycles. The molecule has 3 aliphatic heterocycles. The van der Waals surface area contributed by atoms with Crippen LogP contribution in [-0.2, 0) is 16.1 Å². The average Bonchev–Trinajstić information content (AvgIpc) is 3.42. The maximum atomic E-state index is 11.9. The number of hydrogen-bond donors (Lipinski definition) is 1. The van der Waals surface area contributed by atoms with E-state index in [0.717, 1.165) is 70.6 Å². The number of nitrogens with one attached hydrogen (secondary N) is 1. The second-order valence-corrected chi connectivity index (χ2v) is 8.02. The lowest BCUT2D eigenvalue weighted by Gasteiger charge is -2.32. The van der Waals surface area contributed by atoms with Gasteiger partial charge in [-0.1, -0.05) is 12.1 Å². The Balaban J connectivity index is 1.36. The van der Waals surface area contributed by atoms with Crippen LogP contribution < -0.4 is 10.2 Å². The van der Waals surface area contributed by atoms with Gasteiger partial charge in [0.1, 0.15) is 0 Å². The molecule has 1 amide bonds. The van der Waals surface area contributed by atoms with Crippen molar-refractivity contribution in [1.29, 1.82) is 0 Å². The molecule has 7 heteroatoms. The summed E-state index contributed by atoms with van der Waals surface area (Å²) in [6.45, 7) is 10.3. The van der Waals surface area contributed by atoms with E-state index in [4.69, 9.17) is 9.73 Å². The summed E-state index contributed by atoms with van der Waals surface area (Å²) in [7, 11) is 0. The van der Waals surface area contributed by atoms with Gasteiger partial charge in [0.2, 0.25) is 5.91 Å². The number of anilines is 1. The Kier molecular flexibility index (Phi) is 6.67. The molecule has 1 N–H and O–H groups in total. The van der Waals surface area contributed by atoms with E-state index in [1.165, 1.54) is 12.0 Å². The minimum absolute atomic E-state index is 0.231. The molecule has 0 aromatic heterocycles. The highest BCUT2D eigenvalue weighted by molar-refractivity contribution is 5.95. The number of rotatable bonds is 5. The molecule has 4 rings (SSSR count). The van der Waals surface area contributed by atoms with Gasteiger partial charge in [0.05, 0.1) is 19.8 Å². The number of guanidine groups is 1. The number of morpholine rings is 1. The molecule has 0 radical (unpaired) electrons. The predicted octanol–water partition coefficient (Wildman–Crippen LogP) is 1.69. The maximum Gasteiger partial charge on any atom is 0.227 e. The zero-order chi connectivity index (χ0) is 20.1. The number of nitrogens with zero attached hydrogens (tertiary/aromatic N) is 4. The fourth-order valence-electron chi connectivity index (χ4n) is 4.47. The van der Waals surface area contributed by atoms with E-state index in [9.17, 15) is 4.79 Å². The molecule has 0 spiro atoms. The Morgan fingerprint density at radius 3 is 2.66 bits per heavy atom. The molecule has 1 atom stereocenters. The Hall–Kier alpha value is -2.12. The van der Waals surface area contributed by atoms with E-state index in [1.54, 1.807) is 0 Å². The lowest BCUT2D eigenvalue weighted by molar-refractivity contribution is -0.117. The molecule has 0 aliphatic carbocycles. The number of hydrogen-bond acceptors (Lipinski definition) is 4. The van der Waals surface area contributed by atoms with Crippen LogP contribution in [-0.4, -0.2) is 80.2 Å². The van der Waals surface area contributed by atoms with E-state index >= 15 is 0 Å². The summed E-state index contributed by atoms with van der Waals surface area (Å²) >= 11 is 0. The van der Waals surface area contributed by atoms with E-state index < -0.39 is 0 Å². The Morgan fingerprint density at radius 2 is 1.97 bits per heavy atom. The van der Waals surface area contributed by atoms with Gasteiger partial charge in [-0.2, -0.15) is 0 Å². The highest BCUT2D eigenvalue weighted by atomic mass is 16.5. The highest BCUT2D eigenvalue weighted by Gasteiger charge is 2.30. The first kappa shape index (κ1) is 20.2. The maximum absolute atomic E-state index is 11.9. The summed E-state index contributed by atoms with van der Waals surface area (Å²) in [6.07, 6.45) is 2.81. The van der Waals surface area contributed by atoms with Gasteiger partial charge in [-0.3, -0.25) is 9.69 Å². The predicted molar refractivity (Wildman–Crippen MR) is 115 cm³/mol. The largest absolute Gasteiger partial charge is 0.379 e. The Morgan fingerprint density at radius 1 is 1.17 bits per heavy atom. The number of benzene rings is 1. The van der Waals surface area contributed by atoms with Gasteiger partial charge in [0, 0.05) is 57.4 Å². The lowest BCUT2D eigenvalue weighted by atomic mass is 10.2. The van der Waals surface area contributed by atoms with Gasteiger partial charge >= 0.3 is 0 Å². The van der Waals surface area contributed by atoms with Crippen molar-refractivity contribution in [2.75, 3.05) is 57.4 Å². The third-order valence-electron chi connectivity index (χ3n) is 6.09. The van der Waals surface area contributed by atoms with Gasteiger partial charge in [-0.15, -0.1) is 0 Å². The van der Waals surface area contributed by atoms with Crippen molar-refractivity contribution in [3.63, 3.8) is 0 Å². The zero-order valence-electron chi connectivity index (χ0n) is 17.5. The van der Waals surface area contributed by atoms with Crippen molar-refractivity contribution >= 4 is 17.6 Å². The standard InChI is InChI=1S/C22H33N5O2/c1-2-23-22(26-11-9-20(17-26)25-12-14-29-15-13-25)24-16-18-5-7-19(8-6-18)27-10-3-4-21(27)28/h5-8,20H,2-4,9-17H2,1H3,(H,23,24). The molecule has 0 bridgehead atoms. The zero-order valence-corrected chi connectivity index (χ0v) is 17.5. The quantitative estimate of drug-likeness (QED) is 0.603. The summed E-state index contributed by atoms with van der Waals surface area (Å²) in [5, 5.41) is 3.46. The van der Waals surface area contributed by atoms with Crippen LogP contribution in [0.5, 0.6) is 0 Å². The molecule has 3 aliphatic rings. The smallest absolute Gasteiger partial charge is 0.227 e. The van der Waals surface area contributed by atoms with Gasteiger partial charge < -0.3 is 19.9 Å². The number of amides is 1. The molecule has 1 unspecified atom stereocenters. The van der Waals surface area contributed by atoms with E-state index in [0.29, 0.717) is 19.0 Å². The molecule has 3 fully saturated rings. The van der Waals surface area contributed by atoms with Crippen molar-refractivity contribution in [3.8, 4) is 0 Å². The van der Waals surface area contributed by atoms with Crippen LogP contribution in [0.3, 0.4) is 0 Å². The fraction of sp³-hybridized carbons (Fsp3) is 0.636. The first-order valence-corrected chi connectivity index (χ1v) is 11.0. The molecule has 1 aromatic rings. The minimum atomic E-state index is 0.231. The third kappa shape index (κ3) is 4.90. The summed E-state index contributed by atoms with van der Waals surface area (Å²) < 4.78 is 5.49. The summed E-state index contributed by atoms with van der Waals surface area (Å²) in [5.41, 5.74) is 2.17. The van der Waals surface area contributed by atoms with Gasteiger partial charge in [0.15, 0.2) is 5.96 Å². The monoisotopic (exact) mass is 399 g/mol. The van der Waals surface area contributed by atoms with Crippen LogP contribution in [0, 0.1) is 0 Å². The van der Waals surface area contributed by atoms with E-state index in [1.807, 2.05) is 17.0 Å². The second-order valence-electron chi connectivity index (χ2n) is 8.02. The highest BCUT2D eigenvalue weighted by Crippen LogP contribution is 2.22. The SMILES string of the molecule is CCNC(=NCc1ccc(N2CCCC2=O)cc1)N1CCC(N2CCOCC2)C1. The van der Waals surface area contributed by atoms with Gasteiger partial charge in [-0.05, 0) is 37.5 Å². The number of likely N-dealkylation sites (tertiary alicyclic amines) is 1. The van der Waals surface area contributed by atoms with E-state index in [2.05, 4.69) is 34.2 Å². The number of carbonyl (C=O) groups excluding carboxylic acids is 1. The minimum Gasteiger partial charge on any atom is -0.379 e. The first-order valence-electron chi connectivity index (χ1n) is 11.0. The van der Waals surface area contributed by atoms with Crippen LogP contribution in [0.1, 0.15) is 31.7 Å². The van der Waals surface area contributed by atoms with Crippen molar-refractivity contribution in [3.05, 3.63) is 29.8 Å². The topological polar surface area (TPSA) is 60.4 Å². The fourth-order valence-corrected chi connectivity index (χ4v) is 4.47. The van der Waals surface area contributed by atoms with Crippen LogP contribution in [0.4, 0.5) is 5.69 Å². The van der Waals surface area contributed by atoms with Crippen LogP contribution in [0.2, 0.25) is 0 Å². The Bertz CT molecular complexity index is 714. The molecular formula is C22H33N5O2. The molecule has 0 saturated carbocycles. The van der Waals surface area contributed by atoms with Crippen molar-refractivity contribution in [1.82, 2.24) is 15.1 Å².